The smallest absolute Gasteiger partial charge is 0.0541 e. The molecule has 0 saturated carbocycles. The van der Waals surface area contributed by atoms with Gasteiger partial charge in [-0.25, -0.2) is 0 Å². The molecular weight excluding hydrogens is 655 g/mol. The second-order valence-corrected chi connectivity index (χ2v) is 14.3. The SMILES string of the molecule is Cc1ccccc1-c1cc(-n2c3ccccc3c3ccccc32)ccc1N(C)c1ccc(-n2c3ccccc3c3ccccc32)cc1-c1ccccc1C. The lowest BCUT2D eigenvalue weighted by Gasteiger charge is -2.28. The van der Waals surface area contributed by atoms with Crippen molar-refractivity contribution in [2.24, 2.45) is 0 Å². The third kappa shape index (κ3) is 4.97. The van der Waals surface area contributed by atoms with Crippen molar-refractivity contribution in [3.63, 3.8) is 0 Å². The number of aryl methyl sites for hydroxylation is 2. The predicted molar refractivity (Wildman–Crippen MR) is 230 cm³/mol. The summed E-state index contributed by atoms with van der Waals surface area (Å²) in [4.78, 5) is 2.38. The Hall–Kier alpha value is -6.84. The fourth-order valence-corrected chi connectivity index (χ4v) is 8.62. The molecule has 0 radical (unpaired) electrons. The van der Waals surface area contributed by atoms with E-state index in [1.165, 1.54) is 77.0 Å². The fraction of sp³-hybridized carbons (Fsp3) is 0.0588. The maximum atomic E-state index is 2.41. The number of fused-ring (bicyclic) bond motifs is 6. The number of para-hydroxylation sites is 4. The largest absolute Gasteiger partial charge is 0.344 e. The second kappa shape index (κ2) is 12.7. The van der Waals surface area contributed by atoms with Crippen LogP contribution in [0.15, 0.2) is 182 Å². The molecule has 0 fully saturated rings. The van der Waals surface area contributed by atoms with Crippen LogP contribution in [0, 0.1) is 13.8 Å². The molecule has 2 aromatic heterocycles. The van der Waals surface area contributed by atoms with Crippen LogP contribution in [0.25, 0.3) is 77.2 Å². The van der Waals surface area contributed by atoms with Crippen LogP contribution in [0.3, 0.4) is 0 Å². The van der Waals surface area contributed by atoms with Gasteiger partial charge in [-0.2, -0.15) is 0 Å². The van der Waals surface area contributed by atoms with Gasteiger partial charge >= 0.3 is 0 Å². The van der Waals surface area contributed by atoms with Gasteiger partial charge in [-0.05, 0) is 96.8 Å². The van der Waals surface area contributed by atoms with Crippen molar-refractivity contribution in [1.82, 2.24) is 9.13 Å². The highest BCUT2D eigenvalue weighted by Gasteiger charge is 2.21. The number of rotatable bonds is 6. The van der Waals surface area contributed by atoms with E-state index in [1.807, 2.05) is 0 Å². The zero-order valence-corrected chi connectivity index (χ0v) is 30.7. The lowest BCUT2D eigenvalue weighted by Crippen LogP contribution is -2.13. The molecule has 0 unspecified atom stereocenters. The monoisotopic (exact) mass is 693 g/mol. The Morgan fingerprint density at radius 1 is 0.333 bits per heavy atom. The van der Waals surface area contributed by atoms with E-state index in [4.69, 9.17) is 0 Å². The Morgan fingerprint density at radius 2 is 0.648 bits per heavy atom. The Bertz CT molecular complexity index is 2740. The van der Waals surface area contributed by atoms with Crippen LogP contribution in [0.2, 0.25) is 0 Å². The average Bonchev–Trinajstić information content (AvgIpc) is 3.74. The molecule has 3 nitrogen and oxygen atoms in total. The van der Waals surface area contributed by atoms with Crippen LogP contribution < -0.4 is 4.90 Å². The minimum atomic E-state index is 1.14. The maximum Gasteiger partial charge on any atom is 0.0541 e. The van der Waals surface area contributed by atoms with Crippen LogP contribution in [-0.2, 0) is 0 Å². The van der Waals surface area contributed by atoms with E-state index < -0.39 is 0 Å². The summed E-state index contributed by atoms with van der Waals surface area (Å²) in [5.41, 5.74) is 16.7. The van der Waals surface area contributed by atoms with Crippen LogP contribution in [0.1, 0.15) is 11.1 Å². The van der Waals surface area contributed by atoms with Gasteiger partial charge in [0.25, 0.3) is 0 Å². The van der Waals surface area contributed by atoms with E-state index >= 15 is 0 Å². The summed E-state index contributed by atoms with van der Waals surface area (Å²) >= 11 is 0. The van der Waals surface area contributed by atoms with Crippen molar-refractivity contribution in [1.29, 1.82) is 0 Å². The Morgan fingerprint density at radius 3 is 1.00 bits per heavy atom. The standard InChI is InChI=1S/C51H39N3/c1-34-16-4-6-18-38(34)44-32-36(53-48-24-12-8-20-40(48)41-21-9-13-25-49(41)53)28-30-46(44)52(3)47-31-29-37(33-45(47)39-19-7-5-17-35(39)2)54-50-26-14-10-22-42(50)43-23-11-15-27-51(43)54/h4-33H,1-3H3. The topological polar surface area (TPSA) is 13.1 Å². The molecule has 0 aliphatic rings. The molecule has 0 aliphatic carbocycles. The molecule has 258 valence electrons. The normalized spacial score (nSPS) is 11.6. The summed E-state index contributed by atoms with van der Waals surface area (Å²) in [6, 6.07) is 66.4. The molecule has 10 rings (SSSR count). The second-order valence-electron chi connectivity index (χ2n) is 14.3. The molecule has 2 heterocycles. The minimum absolute atomic E-state index is 1.14. The summed E-state index contributed by atoms with van der Waals surface area (Å²) in [7, 11) is 2.22. The van der Waals surface area contributed by atoms with Crippen molar-refractivity contribution in [3.8, 4) is 33.6 Å². The van der Waals surface area contributed by atoms with Gasteiger partial charge in [0.15, 0.2) is 0 Å². The molecule has 54 heavy (non-hydrogen) atoms. The number of nitrogens with zero attached hydrogens (tertiary/aromatic N) is 3. The molecule has 3 heteroatoms. The lowest BCUT2D eigenvalue weighted by molar-refractivity contribution is 1.15. The Balaban J connectivity index is 1.20. The van der Waals surface area contributed by atoms with E-state index in [1.54, 1.807) is 0 Å². The summed E-state index contributed by atoms with van der Waals surface area (Å²) in [6.07, 6.45) is 0. The zero-order chi connectivity index (χ0) is 36.3. The van der Waals surface area contributed by atoms with Gasteiger partial charge in [-0.1, -0.05) is 121 Å². The number of benzene rings is 8. The predicted octanol–water partition coefficient (Wildman–Crippen LogP) is 13.6. The summed E-state index contributed by atoms with van der Waals surface area (Å²) in [5, 5.41) is 5.05. The molecule has 0 spiro atoms. The number of aromatic nitrogens is 2. The van der Waals surface area contributed by atoms with E-state index in [2.05, 4.69) is 217 Å². The molecule has 0 saturated heterocycles. The van der Waals surface area contributed by atoms with Gasteiger partial charge in [-0.3, -0.25) is 0 Å². The number of anilines is 2. The molecule has 0 amide bonds. The molecule has 0 aliphatic heterocycles. The minimum Gasteiger partial charge on any atom is -0.344 e. The average molecular weight is 694 g/mol. The Labute approximate surface area is 315 Å². The van der Waals surface area contributed by atoms with Gasteiger partial charge in [0.1, 0.15) is 0 Å². The molecule has 0 bridgehead atoms. The van der Waals surface area contributed by atoms with Crippen molar-refractivity contribution >= 4 is 55.0 Å². The van der Waals surface area contributed by atoms with Gasteiger partial charge < -0.3 is 14.0 Å². The highest BCUT2D eigenvalue weighted by atomic mass is 15.1. The Kier molecular flexibility index (Phi) is 7.48. The van der Waals surface area contributed by atoms with E-state index in [9.17, 15) is 0 Å². The van der Waals surface area contributed by atoms with E-state index in [-0.39, 0.29) is 0 Å². The quantitative estimate of drug-likeness (QED) is 0.169. The summed E-state index contributed by atoms with van der Waals surface area (Å²) < 4.78 is 4.82. The van der Waals surface area contributed by atoms with E-state index in [0.29, 0.717) is 0 Å². The molecule has 10 aromatic rings. The van der Waals surface area contributed by atoms with Gasteiger partial charge in [0.05, 0.1) is 22.1 Å². The number of hydrogen-bond donors (Lipinski definition) is 0. The van der Waals surface area contributed by atoms with Crippen LogP contribution in [0.5, 0.6) is 0 Å². The van der Waals surface area contributed by atoms with Crippen LogP contribution in [0.4, 0.5) is 11.4 Å². The third-order valence-corrected chi connectivity index (χ3v) is 11.2. The molecule has 0 N–H and O–H groups in total. The first-order valence-electron chi connectivity index (χ1n) is 18.7. The first-order valence-corrected chi connectivity index (χ1v) is 18.7. The zero-order valence-electron chi connectivity index (χ0n) is 30.7. The van der Waals surface area contributed by atoms with E-state index in [0.717, 1.165) is 22.7 Å². The van der Waals surface area contributed by atoms with Gasteiger partial charge in [-0.15, -0.1) is 0 Å². The van der Waals surface area contributed by atoms with Gasteiger partial charge in [0.2, 0.25) is 0 Å². The van der Waals surface area contributed by atoms with Gasteiger partial charge in [0, 0.05) is 62.5 Å². The molecule has 8 aromatic carbocycles. The van der Waals surface area contributed by atoms with Crippen molar-refractivity contribution in [2.75, 3.05) is 11.9 Å². The lowest BCUT2D eigenvalue weighted by atomic mass is 9.95. The first kappa shape index (κ1) is 31.9. The van der Waals surface area contributed by atoms with Crippen molar-refractivity contribution in [2.45, 2.75) is 13.8 Å². The first-order chi connectivity index (χ1) is 26.6. The fourth-order valence-electron chi connectivity index (χ4n) is 8.62. The van der Waals surface area contributed by atoms with Crippen LogP contribution in [-0.4, -0.2) is 16.2 Å². The highest BCUT2D eigenvalue weighted by molar-refractivity contribution is 6.10. The summed E-state index contributed by atoms with van der Waals surface area (Å²) in [5.74, 6) is 0. The summed E-state index contributed by atoms with van der Waals surface area (Å²) in [6.45, 7) is 4.43. The molecular formula is C51H39N3. The third-order valence-electron chi connectivity index (χ3n) is 11.2. The van der Waals surface area contributed by atoms with Crippen LogP contribution >= 0.6 is 0 Å². The maximum absolute atomic E-state index is 2.41. The van der Waals surface area contributed by atoms with Crippen molar-refractivity contribution in [3.05, 3.63) is 193 Å². The van der Waals surface area contributed by atoms with Crippen molar-refractivity contribution < 1.29 is 0 Å². The number of hydrogen-bond acceptors (Lipinski definition) is 1. The molecule has 0 atom stereocenters. The highest BCUT2D eigenvalue weighted by Crippen LogP contribution is 2.44.